The predicted octanol–water partition coefficient (Wildman–Crippen LogP) is 2.72. The highest BCUT2D eigenvalue weighted by molar-refractivity contribution is 5.96. The van der Waals surface area contributed by atoms with E-state index in [1.54, 1.807) is 0 Å². The Morgan fingerprint density at radius 2 is 2.00 bits per heavy atom. The summed E-state index contributed by atoms with van der Waals surface area (Å²) in [5.41, 5.74) is 5.95. The van der Waals surface area contributed by atoms with E-state index in [2.05, 4.69) is 0 Å². The smallest absolute Gasteiger partial charge is 0.264 e. The number of carbonyl (C=O) groups is 1. The van der Waals surface area contributed by atoms with E-state index in [-0.39, 0.29) is 11.1 Å². The summed E-state index contributed by atoms with van der Waals surface area (Å²) >= 11 is 0. The Morgan fingerprint density at radius 3 is 2.43 bits per heavy atom. The van der Waals surface area contributed by atoms with Crippen molar-refractivity contribution in [2.45, 2.75) is 20.3 Å². The van der Waals surface area contributed by atoms with Gasteiger partial charge in [0, 0.05) is 16.8 Å². The average Bonchev–Trinajstić information content (AvgIpc) is 2.01. The van der Waals surface area contributed by atoms with Crippen molar-refractivity contribution >= 4 is 11.5 Å². The molecule has 2 nitrogen and oxygen atoms in total. The predicted molar refractivity (Wildman–Crippen MR) is 50.6 cm³/mol. The molecular formula is C10H11F2NO. The number of halogens is 2. The molecule has 1 rings (SSSR count). The van der Waals surface area contributed by atoms with Crippen molar-refractivity contribution in [1.82, 2.24) is 0 Å². The number of rotatable bonds is 2. The zero-order valence-electron chi connectivity index (χ0n) is 7.97. The van der Waals surface area contributed by atoms with Gasteiger partial charge >= 0.3 is 0 Å². The molecule has 0 amide bonds. The largest absolute Gasteiger partial charge is 0.399 e. The number of nitrogen functional groups attached to an aromatic ring is 1. The van der Waals surface area contributed by atoms with Crippen molar-refractivity contribution < 1.29 is 13.6 Å². The lowest BCUT2D eigenvalue weighted by Crippen LogP contribution is -2.04. The molecule has 0 fully saturated rings. The molecule has 0 bridgehead atoms. The molecule has 0 aromatic heterocycles. The third-order valence-electron chi connectivity index (χ3n) is 2.01. The number of hydrogen-bond acceptors (Lipinski definition) is 2. The van der Waals surface area contributed by atoms with Crippen LogP contribution in [0, 0.1) is 6.92 Å². The second-order valence-corrected chi connectivity index (χ2v) is 3.16. The molecule has 0 spiro atoms. The van der Waals surface area contributed by atoms with Gasteiger partial charge in [-0.15, -0.1) is 0 Å². The zero-order valence-corrected chi connectivity index (χ0v) is 7.97. The van der Waals surface area contributed by atoms with Crippen LogP contribution < -0.4 is 5.73 Å². The summed E-state index contributed by atoms with van der Waals surface area (Å²) in [6, 6.07) is 2.73. The summed E-state index contributed by atoms with van der Waals surface area (Å²) in [4.78, 5) is 11.1. The molecule has 1 aromatic rings. The summed E-state index contributed by atoms with van der Waals surface area (Å²) < 4.78 is 25.2. The van der Waals surface area contributed by atoms with Crippen molar-refractivity contribution in [2.24, 2.45) is 0 Å². The highest BCUT2D eigenvalue weighted by Crippen LogP contribution is 2.28. The monoisotopic (exact) mass is 199 g/mol. The van der Waals surface area contributed by atoms with Crippen LogP contribution in [0.2, 0.25) is 0 Å². The lowest BCUT2D eigenvalue weighted by atomic mass is 9.99. The first-order chi connectivity index (χ1) is 6.43. The lowest BCUT2D eigenvalue weighted by molar-refractivity contribution is 0.0998. The lowest BCUT2D eigenvalue weighted by Gasteiger charge is -2.10. The number of benzene rings is 1. The first-order valence-corrected chi connectivity index (χ1v) is 4.12. The van der Waals surface area contributed by atoms with Gasteiger partial charge in [-0.25, -0.2) is 8.78 Å². The van der Waals surface area contributed by atoms with Gasteiger partial charge in [-0.3, -0.25) is 4.79 Å². The zero-order chi connectivity index (χ0) is 10.9. The van der Waals surface area contributed by atoms with E-state index in [1.807, 2.05) is 0 Å². The summed E-state index contributed by atoms with van der Waals surface area (Å²) in [6.45, 7) is 2.77. The van der Waals surface area contributed by atoms with E-state index in [1.165, 1.54) is 26.0 Å². The van der Waals surface area contributed by atoms with Crippen molar-refractivity contribution in [1.29, 1.82) is 0 Å². The number of ketones is 1. The minimum atomic E-state index is -2.64. The van der Waals surface area contributed by atoms with Crippen molar-refractivity contribution in [3.8, 4) is 0 Å². The molecule has 0 atom stereocenters. The van der Waals surface area contributed by atoms with Crippen LogP contribution in [0.15, 0.2) is 12.1 Å². The Hall–Kier alpha value is -1.45. The standard InChI is InChI=1S/C10H11F2NO/c1-5-3-7(13)4-8(6(2)14)9(5)10(11)12/h3-4,10H,13H2,1-2H3. The number of anilines is 1. The summed E-state index contributed by atoms with van der Waals surface area (Å²) in [5, 5.41) is 0. The van der Waals surface area contributed by atoms with Crippen LogP contribution in [-0.4, -0.2) is 5.78 Å². The SMILES string of the molecule is CC(=O)c1cc(N)cc(C)c1C(F)F. The quantitative estimate of drug-likeness (QED) is 0.587. The highest BCUT2D eigenvalue weighted by atomic mass is 19.3. The van der Waals surface area contributed by atoms with E-state index in [9.17, 15) is 13.6 Å². The maximum atomic E-state index is 12.6. The van der Waals surface area contributed by atoms with E-state index < -0.39 is 12.2 Å². The molecule has 76 valence electrons. The normalized spacial score (nSPS) is 10.6. The van der Waals surface area contributed by atoms with Crippen molar-refractivity contribution in [2.75, 3.05) is 5.73 Å². The van der Waals surface area contributed by atoms with E-state index in [4.69, 9.17) is 5.73 Å². The van der Waals surface area contributed by atoms with Gasteiger partial charge in [0.25, 0.3) is 6.43 Å². The Labute approximate surface area is 80.7 Å². The van der Waals surface area contributed by atoms with Gasteiger partial charge in [0.05, 0.1) is 0 Å². The van der Waals surface area contributed by atoms with Crippen LogP contribution in [0.3, 0.4) is 0 Å². The fourth-order valence-corrected chi connectivity index (χ4v) is 1.41. The number of carbonyl (C=O) groups excluding carboxylic acids is 1. The molecule has 0 saturated carbocycles. The Morgan fingerprint density at radius 1 is 1.43 bits per heavy atom. The van der Waals surface area contributed by atoms with Gasteiger partial charge in [0.2, 0.25) is 0 Å². The Kier molecular flexibility index (Phi) is 2.84. The van der Waals surface area contributed by atoms with Crippen molar-refractivity contribution in [3.63, 3.8) is 0 Å². The van der Waals surface area contributed by atoms with Crippen molar-refractivity contribution in [3.05, 3.63) is 28.8 Å². The Balaban J connectivity index is 3.44. The molecule has 0 saturated heterocycles. The first-order valence-electron chi connectivity index (χ1n) is 4.12. The van der Waals surface area contributed by atoms with Crippen LogP contribution in [0.5, 0.6) is 0 Å². The minimum absolute atomic E-state index is 0.0116. The van der Waals surface area contributed by atoms with Crippen LogP contribution in [0.1, 0.15) is 34.8 Å². The molecule has 0 unspecified atom stereocenters. The van der Waals surface area contributed by atoms with Crippen LogP contribution >= 0.6 is 0 Å². The summed E-state index contributed by atoms with van der Waals surface area (Å²) in [7, 11) is 0. The van der Waals surface area contributed by atoms with Gasteiger partial charge in [0.1, 0.15) is 0 Å². The van der Waals surface area contributed by atoms with Crippen LogP contribution in [-0.2, 0) is 0 Å². The number of aryl methyl sites for hydroxylation is 1. The van der Waals surface area contributed by atoms with Crippen LogP contribution in [0.4, 0.5) is 14.5 Å². The van der Waals surface area contributed by atoms with Gasteiger partial charge in [-0.2, -0.15) is 0 Å². The van der Waals surface area contributed by atoms with Gasteiger partial charge in [-0.1, -0.05) is 0 Å². The molecule has 1 aromatic carbocycles. The first kappa shape index (κ1) is 10.6. The van der Waals surface area contributed by atoms with Gasteiger partial charge in [-0.05, 0) is 31.5 Å². The topological polar surface area (TPSA) is 43.1 Å². The summed E-state index contributed by atoms with van der Waals surface area (Å²) in [5.74, 6) is -0.393. The molecule has 2 N–H and O–H groups in total. The fourth-order valence-electron chi connectivity index (χ4n) is 1.41. The molecule has 4 heteroatoms. The van der Waals surface area contributed by atoms with Gasteiger partial charge in [0.15, 0.2) is 5.78 Å². The summed E-state index contributed by atoms with van der Waals surface area (Å²) in [6.07, 6.45) is -2.64. The number of hydrogen-bond donors (Lipinski definition) is 1. The number of Topliss-reactive ketones (excluding diaryl/α,β-unsaturated/α-hetero) is 1. The van der Waals surface area contributed by atoms with E-state index in [0.29, 0.717) is 11.3 Å². The maximum Gasteiger partial charge on any atom is 0.264 e. The maximum absolute atomic E-state index is 12.6. The third-order valence-corrected chi connectivity index (χ3v) is 2.01. The van der Waals surface area contributed by atoms with Gasteiger partial charge < -0.3 is 5.73 Å². The minimum Gasteiger partial charge on any atom is -0.399 e. The Bertz CT molecular complexity index is 375. The fraction of sp³-hybridized carbons (Fsp3) is 0.300. The van der Waals surface area contributed by atoms with E-state index in [0.717, 1.165) is 0 Å². The highest BCUT2D eigenvalue weighted by Gasteiger charge is 2.18. The molecule has 0 aliphatic rings. The second kappa shape index (κ2) is 3.74. The van der Waals surface area contributed by atoms with E-state index >= 15 is 0 Å². The molecule has 0 radical (unpaired) electrons. The second-order valence-electron chi connectivity index (χ2n) is 3.16. The third kappa shape index (κ3) is 1.89. The molecule has 0 aliphatic carbocycles. The molecular weight excluding hydrogens is 188 g/mol. The average molecular weight is 199 g/mol. The number of alkyl halides is 2. The van der Waals surface area contributed by atoms with Crippen LogP contribution in [0.25, 0.3) is 0 Å². The molecule has 14 heavy (non-hydrogen) atoms. The molecule has 0 aliphatic heterocycles. The molecule has 0 heterocycles. The number of nitrogens with two attached hydrogens (primary N) is 1.